The third-order valence-electron chi connectivity index (χ3n) is 2.28. The summed E-state index contributed by atoms with van der Waals surface area (Å²) in [7, 11) is 0. The SMILES string of the molecule is C[C@H]1CN(c2ccc(I)cn2)CCO1. The second kappa shape index (κ2) is 4.44. The summed E-state index contributed by atoms with van der Waals surface area (Å²) < 4.78 is 6.66. The minimum absolute atomic E-state index is 0.310. The molecule has 4 heteroatoms. The fourth-order valence-electron chi connectivity index (χ4n) is 1.58. The molecular formula is C10H13IN2O. The highest BCUT2D eigenvalue weighted by Crippen LogP contribution is 2.15. The molecule has 0 radical (unpaired) electrons. The Balaban J connectivity index is 2.10. The van der Waals surface area contributed by atoms with Crippen molar-refractivity contribution in [3.8, 4) is 0 Å². The highest BCUT2D eigenvalue weighted by molar-refractivity contribution is 14.1. The van der Waals surface area contributed by atoms with Crippen molar-refractivity contribution in [1.29, 1.82) is 0 Å². The first-order valence-electron chi connectivity index (χ1n) is 4.74. The monoisotopic (exact) mass is 304 g/mol. The zero-order valence-electron chi connectivity index (χ0n) is 8.11. The summed E-state index contributed by atoms with van der Waals surface area (Å²) in [6, 6.07) is 4.16. The normalized spacial score (nSPS) is 22.4. The van der Waals surface area contributed by atoms with Gasteiger partial charge in [0, 0.05) is 22.9 Å². The van der Waals surface area contributed by atoms with Crippen LogP contribution in [0.3, 0.4) is 0 Å². The Morgan fingerprint density at radius 1 is 1.57 bits per heavy atom. The number of aromatic nitrogens is 1. The number of pyridine rings is 1. The van der Waals surface area contributed by atoms with Gasteiger partial charge in [0.25, 0.3) is 0 Å². The molecule has 1 fully saturated rings. The molecule has 0 aliphatic carbocycles. The molecule has 0 amide bonds. The quantitative estimate of drug-likeness (QED) is 0.741. The van der Waals surface area contributed by atoms with E-state index in [0.29, 0.717) is 6.10 Å². The largest absolute Gasteiger partial charge is 0.375 e. The third-order valence-corrected chi connectivity index (χ3v) is 2.91. The van der Waals surface area contributed by atoms with Crippen molar-refractivity contribution in [3.05, 3.63) is 21.9 Å². The predicted molar refractivity (Wildman–Crippen MR) is 64.6 cm³/mol. The Hall–Kier alpha value is -0.360. The van der Waals surface area contributed by atoms with Crippen LogP contribution in [0.25, 0.3) is 0 Å². The van der Waals surface area contributed by atoms with Crippen LogP contribution in [-0.2, 0) is 4.74 Å². The second-order valence-electron chi connectivity index (χ2n) is 3.46. The first-order valence-corrected chi connectivity index (χ1v) is 5.81. The molecule has 1 aromatic heterocycles. The average molecular weight is 304 g/mol. The van der Waals surface area contributed by atoms with E-state index in [1.165, 1.54) is 3.57 Å². The van der Waals surface area contributed by atoms with Gasteiger partial charge < -0.3 is 9.64 Å². The minimum Gasteiger partial charge on any atom is -0.375 e. The van der Waals surface area contributed by atoms with E-state index in [-0.39, 0.29) is 0 Å². The molecule has 0 bridgehead atoms. The highest BCUT2D eigenvalue weighted by Gasteiger charge is 2.17. The highest BCUT2D eigenvalue weighted by atomic mass is 127. The molecule has 3 nitrogen and oxygen atoms in total. The number of rotatable bonds is 1. The van der Waals surface area contributed by atoms with Gasteiger partial charge in [-0.2, -0.15) is 0 Å². The van der Waals surface area contributed by atoms with Crippen molar-refractivity contribution in [2.45, 2.75) is 13.0 Å². The van der Waals surface area contributed by atoms with Crippen LogP contribution in [0.15, 0.2) is 18.3 Å². The summed E-state index contributed by atoms with van der Waals surface area (Å²) in [4.78, 5) is 6.67. The Morgan fingerprint density at radius 3 is 3.07 bits per heavy atom. The lowest BCUT2D eigenvalue weighted by Crippen LogP contribution is -2.41. The molecule has 1 aliphatic heterocycles. The molecule has 0 unspecified atom stereocenters. The van der Waals surface area contributed by atoms with E-state index in [9.17, 15) is 0 Å². The van der Waals surface area contributed by atoms with E-state index in [2.05, 4.69) is 51.5 Å². The van der Waals surface area contributed by atoms with E-state index >= 15 is 0 Å². The Kier molecular flexibility index (Phi) is 3.22. The van der Waals surface area contributed by atoms with Crippen LogP contribution in [0.1, 0.15) is 6.92 Å². The molecule has 0 aromatic carbocycles. The third kappa shape index (κ3) is 2.36. The van der Waals surface area contributed by atoms with Crippen molar-refractivity contribution in [2.75, 3.05) is 24.6 Å². The van der Waals surface area contributed by atoms with E-state index in [1.807, 2.05) is 6.20 Å². The van der Waals surface area contributed by atoms with Gasteiger partial charge in [-0.3, -0.25) is 0 Å². The number of hydrogen-bond acceptors (Lipinski definition) is 3. The molecular weight excluding hydrogens is 291 g/mol. The molecule has 76 valence electrons. The van der Waals surface area contributed by atoms with Crippen molar-refractivity contribution in [1.82, 2.24) is 4.98 Å². The number of anilines is 1. The topological polar surface area (TPSA) is 25.4 Å². The Bertz CT molecular complexity index is 301. The van der Waals surface area contributed by atoms with Crippen LogP contribution in [0.5, 0.6) is 0 Å². The fraction of sp³-hybridized carbons (Fsp3) is 0.500. The van der Waals surface area contributed by atoms with Gasteiger partial charge in [-0.05, 0) is 41.6 Å². The number of hydrogen-bond donors (Lipinski definition) is 0. The summed E-state index contributed by atoms with van der Waals surface area (Å²) in [6.45, 7) is 4.78. The maximum atomic E-state index is 5.48. The van der Waals surface area contributed by atoms with Crippen molar-refractivity contribution >= 4 is 28.4 Å². The van der Waals surface area contributed by atoms with E-state index in [0.717, 1.165) is 25.5 Å². The molecule has 2 rings (SSSR count). The van der Waals surface area contributed by atoms with Crippen LogP contribution < -0.4 is 4.90 Å². The average Bonchev–Trinajstić information content (AvgIpc) is 2.19. The molecule has 0 N–H and O–H groups in total. The standard InChI is InChI=1S/C10H13IN2O/c1-8-7-13(4-5-14-8)10-3-2-9(11)6-12-10/h2-3,6,8H,4-5,7H2,1H3/t8-/m0/s1. The Labute approximate surface area is 97.6 Å². The fourth-order valence-corrected chi connectivity index (χ4v) is 1.90. The first-order chi connectivity index (χ1) is 6.75. The van der Waals surface area contributed by atoms with Gasteiger partial charge in [-0.1, -0.05) is 0 Å². The number of nitrogens with zero attached hydrogens (tertiary/aromatic N) is 2. The van der Waals surface area contributed by atoms with E-state index in [1.54, 1.807) is 0 Å². The van der Waals surface area contributed by atoms with Crippen molar-refractivity contribution in [3.63, 3.8) is 0 Å². The molecule has 1 aliphatic rings. The molecule has 0 spiro atoms. The lowest BCUT2D eigenvalue weighted by molar-refractivity contribution is 0.0529. The lowest BCUT2D eigenvalue weighted by Gasteiger charge is -2.31. The summed E-state index contributed by atoms with van der Waals surface area (Å²) in [5.74, 6) is 1.06. The molecule has 1 atom stereocenters. The van der Waals surface area contributed by atoms with Crippen LogP contribution >= 0.6 is 22.6 Å². The van der Waals surface area contributed by atoms with Gasteiger partial charge >= 0.3 is 0 Å². The Morgan fingerprint density at radius 2 is 2.43 bits per heavy atom. The lowest BCUT2D eigenvalue weighted by atomic mass is 10.3. The van der Waals surface area contributed by atoms with Crippen molar-refractivity contribution in [2.24, 2.45) is 0 Å². The van der Waals surface area contributed by atoms with Gasteiger partial charge in [0.15, 0.2) is 0 Å². The maximum absolute atomic E-state index is 5.48. The minimum atomic E-state index is 0.310. The molecule has 14 heavy (non-hydrogen) atoms. The summed E-state index contributed by atoms with van der Waals surface area (Å²) in [5, 5.41) is 0. The van der Waals surface area contributed by atoms with Gasteiger partial charge in [0.05, 0.1) is 12.7 Å². The maximum Gasteiger partial charge on any atom is 0.128 e. The summed E-state index contributed by atoms with van der Waals surface area (Å²) >= 11 is 2.27. The number of ether oxygens (including phenoxy) is 1. The van der Waals surface area contributed by atoms with E-state index in [4.69, 9.17) is 4.74 Å². The number of halogens is 1. The zero-order chi connectivity index (χ0) is 9.97. The predicted octanol–water partition coefficient (Wildman–Crippen LogP) is 1.91. The molecule has 1 aromatic rings. The van der Waals surface area contributed by atoms with E-state index < -0.39 is 0 Å². The van der Waals surface area contributed by atoms with Crippen LogP contribution in [-0.4, -0.2) is 30.8 Å². The van der Waals surface area contributed by atoms with Crippen LogP contribution in [0.4, 0.5) is 5.82 Å². The van der Waals surface area contributed by atoms with Gasteiger partial charge in [0.1, 0.15) is 5.82 Å². The molecule has 1 saturated heterocycles. The van der Waals surface area contributed by atoms with Gasteiger partial charge in [-0.25, -0.2) is 4.98 Å². The van der Waals surface area contributed by atoms with Gasteiger partial charge in [0.2, 0.25) is 0 Å². The van der Waals surface area contributed by atoms with Crippen molar-refractivity contribution < 1.29 is 4.74 Å². The zero-order valence-corrected chi connectivity index (χ0v) is 10.3. The smallest absolute Gasteiger partial charge is 0.128 e. The summed E-state index contributed by atoms with van der Waals surface area (Å²) in [6.07, 6.45) is 2.21. The number of morpholine rings is 1. The molecule has 2 heterocycles. The second-order valence-corrected chi connectivity index (χ2v) is 4.71. The van der Waals surface area contributed by atoms with Crippen LogP contribution in [0.2, 0.25) is 0 Å². The first kappa shape index (κ1) is 10.2. The summed E-state index contributed by atoms with van der Waals surface area (Å²) in [5.41, 5.74) is 0. The van der Waals surface area contributed by atoms with Crippen LogP contribution in [0, 0.1) is 3.57 Å². The molecule has 0 saturated carbocycles. The van der Waals surface area contributed by atoms with Gasteiger partial charge in [-0.15, -0.1) is 0 Å².